The van der Waals surface area contributed by atoms with Crippen molar-refractivity contribution in [2.75, 3.05) is 0 Å². The van der Waals surface area contributed by atoms with Gasteiger partial charge < -0.3 is 14.8 Å². The summed E-state index contributed by atoms with van der Waals surface area (Å²) in [7, 11) is 0. The molecule has 0 saturated carbocycles. The second kappa shape index (κ2) is 13.0. The van der Waals surface area contributed by atoms with Crippen LogP contribution in [-0.4, -0.2) is 33.1 Å². The van der Waals surface area contributed by atoms with Gasteiger partial charge in [-0.25, -0.2) is 14.3 Å². The van der Waals surface area contributed by atoms with E-state index in [1.54, 1.807) is 38.1 Å². The zero-order valence-corrected chi connectivity index (χ0v) is 23.9. The molecule has 0 aliphatic carbocycles. The van der Waals surface area contributed by atoms with Crippen LogP contribution in [0.3, 0.4) is 0 Å². The molecule has 1 aromatic heterocycles. The summed E-state index contributed by atoms with van der Waals surface area (Å²) in [5.74, 6) is -0.586. The second-order valence-corrected chi connectivity index (χ2v) is 11.2. The van der Waals surface area contributed by atoms with Gasteiger partial charge in [-0.2, -0.15) is 13.9 Å². The molecule has 0 spiro atoms. The lowest BCUT2D eigenvalue weighted by atomic mass is 9.75. The Morgan fingerprint density at radius 2 is 1.68 bits per heavy atom. The number of nitrogens with one attached hydrogen (secondary N) is 2. The Balaban J connectivity index is 1.91. The topological polar surface area (TPSA) is 94.5 Å². The molecule has 0 aliphatic rings. The lowest BCUT2D eigenvalue weighted by molar-refractivity contribution is -0.157. The van der Waals surface area contributed by atoms with E-state index < -0.39 is 35.7 Å². The summed E-state index contributed by atoms with van der Waals surface area (Å²) in [4.78, 5) is 26.2. The number of carbonyl (C=O) groups is 2. The predicted octanol–water partition coefficient (Wildman–Crippen LogP) is 6.33. The Hall–Kier alpha value is -3.86. The van der Waals surface area contributed by atoms with Crippen LogP contribution in [0.4, 0.5) is 13.6 Å². The van der Waals surface area contributed by atoms with Crippen LogP contribution in [0.25, 0.3) is 11.1 Å². The third-order valence-corrected chi connectivity index (χ3v) is 5.96. The number of nitrogens with zero attached hydrogens (tertiary/aromatic N) is 2. The number of ether oxygens (including phenoxy) is 2. The molecule has 0 fully saturated rings. The van der Waals surface area contributed by atoms with Gasteiger partial charge in [0.05, 0.1) is 12.3 Å². The molecule has 1 heterocycles. The molecule has 0 bridgehead atoms. The number of aromatic nitrogens is 2. The van der Waals surface area contributed by atoms with Gasteiger partial charge in [-0.15, -0.1) is 0 Å². The van der Waals surface area contributed by atoms with Crippen molar-refractivity contribution in [1.29, 1.82) is 0 Å². The molecular formula is C29H34F2N4O4S. The lowest BCUT2D eigenvalue weighted by Crippen LogP contribution is -2.58. The monoisotopic (exact) mass is 572 g/mol. The third-order valence-electron chi connectivity index (χ3n) is 5.75. The highest BCUT2D eigenvalue weighted by molar-refractivity contribution is 7.80. The van der Waals surface area contributed by atoms with Crippen molar-refractivity contribution < 1.29 is 27.8 Å². The average Bonchev–Trinajstić information content (AvgIpc) is 3.37. The molecule has 3 aromatic rings. The predicted molar refractivity (Wildman–Crippen MR) is 151 cm³/mol. The van der Waals surface area contributed by atoms with E-state index in [1.165, 1.54) is 12.4 Å². The number of rotatable bonds is 9. The molecule has 0 radical (unpaired) electrons. The zero-order valence-electron chi connectivity index (χ0n) is 23.1. The number of carbonyl (C=O) groups excluding carboxylic acids is 2. The van der Waals surface area contributed by atoms with E-state index in [0.29, 0.717) is 21.4 Å². The second-order valence-electron chi connectivity index (χ2n) is 10.8. The van der Waals surface area contributed by atoms with Crippen LogP contribution in [0.2, 0.25) is 0 Å². The highest BCUT2D eigenvalue weighted by Gasteiger charge is 2.46. The molecule has 3 rings (SSSR count). The van der Waals surface area contributed by atoms with Crippen LogP contribution >= 0.6 is 12.2 Å². The fourth-order valence-electron chi connectivity index (χ4n) is 4.19. The molecule has 1 atom stereocenters. The number of alkyl halides is 2. The largest absolute Gasteiger partial charge is 0.461 e. The number of amides is 1. The molecule has 1 amide bonds. The molecule has 0 aliphatic heterocycles. The molecule has 2 aromatic carbocycles. The maximum atomic E-state index is 13.7. The van der Waals surface area contributed by atoms with Crippen molar-refractivity contribution in [3.8, 4) is 11.1 Å². The highest BCUT2D eigenvalue weighted by atomic mass is 32.1. The standard InChI is InChI=1S/C29H34F2N4O4S/c1-19(2)39-24(36)29(18-28(3,4)5,34-26(40)33-27(37)38-17-20-9-7-6-8-10-20)23-13-11-21(12-14-23)22-15-32-35(16-22)25(30)31/h6-16,19,25H,17-18H2,1-5H3,(H2,33,34,37,40). The lowest BCUT2D eigenvalue weighted by Gasteiger charge is -2.39. The first kappa shape index (κ1) is 30.7. The van der Waals surface area contributed by atoms with E-state index in [2.05, 4.69) is 15.7 Å². The van der Waals surface area contributed by atoms with E-state index in [4.69, 9.17) is 21.7 Å². The Bertz CT molecular complexity index is 1310. The van der Waals surface area contributed by atoms with E-state index in [-0.39, 0.29) is 18.1 Å². The molecule has 11 heteroatoms. The zero-order chi connectivity index (χ0) is 29.5. The summed E-state index contributed by atoms with van der Waals surface area (Å²) in [6.07, 6.45) is 1.62. The normalized spacial score (nSPS) is 13.0. The van der Waals surface area contributed by atoms with Crippen LogP contribution < -0.4 is 10.6 Å². The van der Waals surface area contributed by atoms with E-state index in [9.17, 15) is 18.4 Å². The van der Waals surface area contributed by atoms with Crippen LogP contribution in [0.5, 0.6) is 0 Å². The first-order valence-electron chi connectivity index (χ1n) is 12.7. The van der Waals surface area contributed by atoms with Gasteiger partial charge in [0.15, 0.2) is 10.7 Å². The minimum absolute atomic E-state index is 0.0431. The molecule has 0 saturated heterocycles. The van der Waals surface area contributed by atoms with Gasteiger partial charge in [0.25, 0.3) is 0 Å². The van der Waals surface area contributed by atoms with Crippen molar-refractivity contribution in [2.45, 2.75) is 65.8 Å². The van der Waals surface area contributed by atoms with Crippen molar-refractivity contribution >= 4 is 29.4 Å². The molecule has 214 valence electrons. The first-order chi connectivity index (χ1) is 18.8. The number of hydrogen-bond donors (Lipinski definition) is 2. The van der Waals surface area contributed by atoms with E-state index in [1.807, 2.05) is 51.1 Å². The fourth-order valence-corrected chi connectivity index (χ4v) is 4.45. The number of thiocarbonyl (C=S) groups is 1. The summed E-state index contributed by atoms with van der Waals surface area (Å²) in [5, 5.41) is 9.10. The van der Waals surface area contributed by atoms with Gasteiger partial charge in [0.2, 0.25) is 0 Å². The molecule has 8 nitrogen and oxygen atoms in total. The summed E-state index contributed by atoms with van der Waals surface area (Å²) < 4.78 is 37.5. The van der Waals surface area contributed by atoms with Gasteiger partial charge in [-0.05, 0) is 54.6 Å². The number of hydrogen-bond acceptors (Lipinski definition) is 6. The minimum Gasteiger partial charge on any atom is -0.461 e. The van der Waals surface area contributed by atoms with Crippen molar-refractivity contribution in [3.63, 3.8) is 0 Å². The van der Waals surface area contributed by atoms with Gasteiger partial charge in [-0.1, -0.05) is 75.4 Å². The van der Waals surface area contributed by atoms with Gasteiger partial charge in [0.1, 0.15) is 6.61 Å². The van der Waals surface area contributed by atoms with E-state index in [0.717, 1.165) is 5.56 Å². The summed E-state index contributed by atoms with van der Waals surface area (Å²) in [6.45, 7) is 6.65. The van der Waals surface area contributed by atoms with Crippen molar-refractivity contribution in [1.82, 2.24) is 20.4 Å². The van der Waals surface area contributed by atoms with Gasteiger partial charge in [-0.3, -0.25) is 5.32 Å². The van der Waals surface area contributed by atoms with Crippen molar-refractivity contribution in [3.05, 3.63) is 78.1 Å². The van der Waals surface area contributed by atoms with Gasteiger partial charge in [0, 0.05) is 11.8 Å². The quantitative estimate of drug-likeness (QED) is 0.229. The van der Waals surface area contributed by atoms with Crippen molar-refractivity contribution in [2.24, 2.45) is 5.41 Å². The highest BCUT2D eigenvalue weighted by Crippen LogP contribution is 2.37. The molecule has 2 N–H and O–H groups in total. The Labute approximate surface area is 238 Å². The Morgan fingerprint density at radius 3 is 2.23 bits per heavy atom. The summed E-state index contributed by atoms with van der Waals surface area (Å²) in [6, 6.07) is 16.0. The van der Waals surface area contributed by atoms with E-state index >= 15 is 0 Å². The summed E-state index contributed by atoms with van der Waals surface area (Å²) >= 11 is 5.45. The van der Waals surface area contributed by atoms with Crippen LogP contribution in [0.1, 0.15) is 58.7 Å². The number of benzene rings is 2. The SMILES string of the molecule is CC(C)OC(=O)C(CC(C)(C)C)(NC(=S)NC(=O)OCc1ccccc1)c1ccc(-c2cnn(C(F)F)c2)cc1. The number of halogens is 2. The first-order valence-corrected chi connectivity index (χ1v) is 13.1. The smallest absolute Gasteiger partial charge is 0.413 e. The van der Waals surface area contributed by atoms with Crippen LogP contribution in [-0.2, 0) is 26.4 Å². The number of alkyl carbamates (subject to hydrolysis) is 1. The average molecular weight is 573 g/mol. The molecular weight excluding hydrogens is 538 g/mol. The molecule has 1 unspecified atom stereocenters. The molecule has 40 heavy (non-hydrogen) atoms. The summed E-state index contributed by atoms with van der Waals surface area (Å²) in [5.41, 5.74) is 0.548. The minimum atomic E-state index is -2.75. The fraction of sp³-hybridized carbons (Fsp3) is 0.379. The van der Waals surface area contributed by atoms with Crippen LogP contribution in [0.15, 0.2) is 67.0 Å². The maximum absolute atomic E-state index is 13.7. The maximum Gasteiger partial charge on any atom is 0.413 e. The van der Waals surface area contributed by atoms with Crippen LogP contribution in [0, 0.1) is 5.41 Å². The number of esters is 1. The Morgan fingerprint density at radius 1 is 1.02 bits per heavy atom. The van der Waals surface area contributed by atoms with Gasteiger partial charge >= 0.3 is 18.6 Å². The Kier molecular flexibility index (Phi) is 9.97. The third kappa shape index (κ3) is 8.32.